The molecule has 5 heteroatoms. The Morgan fingerprint density at radius 1 is 1.40 bits per heavy atom. The van der Waals surface area contributed by atoms with Crippen LogP contribution in [0.3, 0.4) is 0 Å². The lowest BCUT2D eigenvalue weighted by Gasteiger charge is -1.96. The summed E-state index contributed by atoms with van der Waals surface area (Å²) in [6.07, 6.45) is 2.88. The molecule has 0 spiro atoms. The van der Waals surface area contributed by atoms with Crippen LogP contribution < -0.4 is 0 Å². The Morgan fingerprint density at radius 2 is 2.10 bits per heavy atom. The molecular formula is C5H11NO3Si. The minimum absolute atomic E-state index is 0.449. The lowest BCUT2D eigenvalue weighted by molar-refractivity contribution is 0.402. The summed E-state index contributed by atoms with van der Waals surface area (Å²) in [5.41, 5.74) is 0. The molecule has 0 bridgehead atoms. The summed E-state index contributed by atoms with van der Waals surface area (Å²) in [7, 11) is -2.36. The van der Waals surface area contributed by atoms with Crippen LogP contribution in [-0.4, -0.2) is 31.5 Å². The first-order chi connectivity index (χ1) is 4.77. The Labute approximate surface area is 61.1 Å². The highest BCUT2D eigenvalue weighted by molar-refractivity contribution is 6.40. The van der Waals surface area contributed by atoms with Crippen LogP contribution in [0.4, 0.5) is 0 Å². The van der Waals surface area contributed by atoms with Crippen molar-refractivity contribution in [1.82, 2.24) is 0 Å². The maximum Gasteiger partial charge on any atom is 0.315 e. The molecule has 2 N–H and O–H groups in total. The highest BCUT2D eigenvalue weighted by Gasteiger charge is 1.99. The number of rotatable bonds is 5. The topological polar surface area (TPSA) is 69.9 Å². The fourth-order valence-corrected chi connectivity index (χ4v) is 1.22. The van der Waals surface area contributed by atoms with E-state index >= 15 is 0 Å². The first-order valence-corrected chi connectivity index (χ1v) is 5.02. The second-order valence-corrected chi connectivity index (χ2v) is 3.49. The Hall–Kier alpha value is -0.483. The second-order valence-electron chi connectivity index (χ2n) is 1.95. The number of aliphatic imine (C=N–C) groups is 1. The van der Waals surface area contributed by atoms with E-state index < -0.39 is 9.28 Å². The van der Waals surface area contributed by atoms with Gasteiger partial charge in [0.25, 0.3) is 0 Å². The molecule has 0 aromatic rings. The fraction of sp³-hybridized carbons (Fsp3) is 0.800. The van der Waals surface area contributed by atoms with Crippen LogP contribution in [0.25, 0.3) is 0 Å². The molecule has 0 atom stereocenters. The van der Waals surface area contributed by atoms with Gasteiger partial charge in [0.05, 0.1) is 6.54 Å². The monoisotopic (exact) mass is 161 g/mol. The van der Waals surface area contributed by atoms with Gasteiger partial charge in [-0.15, -0.1) is 0 Å². The van der Waals surface area contributed by atoms with Crippen LogP contribution in [0.5, 0.6) is 0 Å². The zero-order chi connectivity index (χ0) is 7.82. The van der Waals surface area contributed by atoms with Gasteiger partial charge < -0.3 is 9.59 Å². The van der Waals surface area contributed by atoms with E-state index in [2.05, 4.69) is 4.99 Å². The first-order valence-electron chi connectivity index (χ1n) is 3.17. The van der Waals surface area contributed by atoms with Crippen molar-refractivity contribution in [2.75, 3.05) is 6.54 Å². The number of hydrogen-bond donors (Lipinski definition) is 2. The summed E-state index contributed by atoms with van der Waals surface area (Å²) >= 11 is 0. The van der Waals surface area contributed by atoms with Gasteiger partial charge in [0, 0.05) is 0 Å². The third-order valence-corrected chi connectivity index (χ3v) is 1.97. The number of isocyanates is 1. The van der Waals surface area contributed by atoms with Crippen molar-refractivity contribution < 1.29 is 14.4 Å². The Kier molecular flexibility index (Phi) is 6.31. The van der Waals surface area contributed by atoms with Crippen LogP contribution >= 0.6 is 0 Å². The first kappa shape index (κ1) is 9.52. The molecule has 0 rings (SSSR count). The number of nitrogens with zero attached hydrogens (tertiary/aromatic N) is 1. The van der Waals surface area contributed by atoms with E-state index in [1.807, 2.05) is 0 Å². The molecule has 10 heavy (non-hydrogen) atoms. The molecule has 0 aromatic carbocycles. The van der Waals surface area contributed by atoms with Crippen molar-refractivity contribution in [2.24, 2.45) is 4.99 Å². The van der Waals surface area contributed by atoms with E-state index in [0.717, 1.165) is 12.8 Å². The van der Waals surface area contributed by atoms with E-state index in [4.69, 9.17) is 9.59 Å². The average molecular weight is 161 g/mol. The van der Waals surface area contributed by atoms with Gasteiger partial charge in [-0.25, -0.2) is 9.79 Å². The molecule has 0 aliphatic carbocycles. The lowest BCUT2D eigenvalue weighted by atomic mass is 10.3. The summed E-state index contributed by atoms with van der Waals surface area (Å²) in [6.45, 7) is 0.449. The lowest BCUT2D eigenvalue weighted by Crippen LogP contribution is -2.09. The summed E-state index contributed by atoms with van der Waals surface area (Å²) in [6, 6.07) is 0.481. The third-order valence-electron chi connectivity index (χ3n) is 1.05. The summed E-state index contributed by atoms with van der Waals surface area (Å²) in [4.78, 5) is 29.8. The van der Waals surface area contributed by atoms with Crippen LogP contribution in [0, 0.1) is 0 Å². The number of carbonyl (C=O) groups excluding carboxylic acids is 1. The largest absolute Gasteiger partial charge is 0.413 e. The zero-order valence-corrected chi connectivity index (χ0v) is 6.81. The van der Waals surface area contributed by atoms with Crippen molar-refractivity contribution in [3.8, 4) is 0 Å². The molecular weight excluding hydrogens is 150 g/mol. The van der Waals surface area contributed by atoms with E-state index in [1.54, 1.807) is 0 Å². The molecule has 0 saturated heterocycles. The highest BCUT2D eigenvalue weighted by atomic mass is 28.3. The van der Waals surface area contributed by atoms with Crippen LogP contribution in [0.1, 0.15) is 12.8 Å². The van der Waals surface area contributed by atoms with E-state index in [9.17, 15) is 4.79 Å². The minimum atomic E-state index is -2.36. The molecule has 4 nitrogen and oxygen atoms in total. The SMILES string of the molecule is O=C=NCCCC[SiH](O)O. The van der Waals surface area contributed by atoms with Gasteiger partial charge in [-0.3, -0.25) is 0 Å². The molecule has 0 aliphatic rings. The van der Waals surface area contributed by atoms with Crippen LogP contribution in [0.15, 0.2) is 4.99 Å². The average Bonchev–Trinajstić information content (AvgIpc) is 1.87. The quantitative estimate of drug-likeness (QED) is 0.243. The molecule has 0 aliphatic heterocycles. The van der Waals surface area contributed by atoms with Gasteiger partial charge in [-0.05, 0) is 18.9 Å². The summed E-state index contributed by atoms with van der Waals surface area (Å²) in [5, 5.41) is 0. The molecule has 0 aromatic heterocycles. The normalized spacial score (nSPS) is 9.50. The maximum atomic E-state index is 9.52. The zero-order valence-electron chi connectivity index (χ0n) is 5.66. The van der Waals surface area contributed by atoms with E-state index in [1.165, 1.54) is 6.08 Å². The molecule has 0 amide bonds. The smallest absolute Gasteiger partial charge is 0.315 e. The van der Waals surface area contributed by atoms with E-state index in [-0.39, 0.29) is 0 Å². The molecule has 0 fully saturated rings. The van der Waals surface area contributed by atoms with Gasteiger partial charge in [-0.1, -0.05) is 0 Å². The Morgan fingerprint density at radius 3 is 2.60 bits per heavy atom. The van der Waals surface area contributed by atoms with Gasteiger partial charge in [-0.2, -0.15) is 0 Å². The van der Waals surface area contributed by atoms with Gasteiger partial charge >= 0.3 is 9.28 Å². The van der Waals surface area contributed by atoms with Crippen LogP contribution in [0.2, 0.25) is 6.04 Å². The van der Waals surface area contributed by atoms with Crippen molar-refractivity contribution in [3.63, 3.8) is 0 Å². The number of unbranched alkanes of at least 4 members (excludes halogenated alkanes) is 1. The van der Waals surface area contributed by atoms with Crippen molar-refractivity contribution in [3.05, 3.63) is 0 Å². The molecule has 0 saturated carbocycles. The second kappa shape index (κ2) is 6.63. The van der Waals surface area contributed by atoms with Crippen LogP contribution in [-0.2, 0) is 4.79 Å². The standard InChI is InChI=1S/C5H11NO3Si/c7-5-6-3-1-2-4-10(8)9/h8-10H,1-4H2. The Bertz CT molecular complexity index is 122. The molecule has 58 valence electrons. The molecule has 0 heterocycles. The van der Waals surface area contributed by atoms with Crippen molar-refractivity contribution in [1.29, 1.82) is 0 Å². The predicted molar refractivity (Wildman–Crippen MR) is 38.6 cm³/mol. The van der Waals surface area contributed by atoms with Gasteiger partial charge in [0.15, 0.2) is 0 Å². The van der Waals surface area contributed by atoms with Gasteiger partial charge in [0.2, 0.25) is 6.08 Å². The third kappa shape index (κ3) is 7.52. The summed E-state index contributed by atoms with van der Waals surface area (Å²) < 4.78 is 0. The molecule has 0 radical (unpaired) electrons. The highest BCUT2D eigenvalue weighted by Crippen LogP contribution is 1.96. The fourth-order valence-electron chi connectivity index (χ4n) is 0.563. The van der Waals surface area contributed by atoms with Crippen molar-refractivity contribution in [2.45, 2.75) is 18.9 Å². The van der Waals surface area contributed by atoms with Crippen molar-refractivity contribution >= 4 is 15.4 Å². The minimum Gasteiger partial charge on any atom is -0.413 e. The van der Waals surface area contributed by atoms with E-state index in [0.29, 0.717) is 12.6 Å². The maximum absolute atomic E-state index is 9.52. The molecule has 0 unspecified atom stereocenters. The number of hydrogen-bond acceptors (Lipinski definition) is 4. The summed E-state index contributed by atoms with van der Waals surface area (Å²) in [5.74, 6) is 0. The van der Waals surface area contributed by atoms with Gasteiger partial charge in [0.1, 0.15) is 0 Å². The Balaban J connectivity index is 2.98. The predicted octanol–water partition coefficient (Wildman–Crippen LogP) is -0.693.